The minimum atomic E-state index is -0.358. The Labute approximate surface area is 118 Å². The third-order valence-electron chi connectivity index (χ3n) is 3.74. The van der Waals surface area contributed by atoms with E-state index in [1.807, 2.05) is 0 Å². The molecule has 0 saturated carbocycles. The van der Waals surface area contributed by atoms with E-state index in [9.17, 15) is 4.79 Å². The summed E-state index contributed by atoms with van der Waals surface area (Å²) < 4.78 is 6.06. The standard InChI is InChI=1S/C14H14N2O2.ClH/c15-9-10-1-2-11-12(17)8-14(18-13(11)7-10)3-5-16-6-4-14;/h1-2,7,16H,3-6,8H2;1H. The number of hydrogen-bond acceptors (Lipinski definition) is 4. The summed E-state index contributed by atoms with van der Waals surface area (Å²) in [6.45, 7) is 1.75. The first kappa shape index (κ1) is 13.9. The number of nitriles is 1. The second kappa shape index (κ2) is 5.20. The third-order valence-corrected chi connectivity index (χ3v) is 3.74. The quantitative estimate of drug-likeness (QED) is 0.789. The largest absolute Gasteiger partial charge is 0.486 e. The van der Waals surface area contributed by atoms with Crippen molar-refractivity contribution >= 4 is 18.2 Å². The van der Waals surface area contributed by atoms with Crippen LogP contribution in [0.25, 0.3) is 0 Å². The van der Waals surface area contributed by atoms with E-state index >= 15 is 0 Å². The molecule has 4 nitrogen and oxygen atoms in total. The van der Waals surface area contributed by atoms with Gasteiger partial charge in [0, 0.05) is 12.8 Å². The second-order valence-electron chi connectivity index (χ2n) is 4.96. The number of nitrogens with one attached hydrogen (secondary N) is 1. The zero-order valence-corrected chi connectivity index (χ0v) is 11.3. The number of halogens is 1. The van der Waals surface area contributed by atoms with Gasteiger partial charge >= 0.3 is 0 Å². The first-order valence-corrected chi connectivity index (χ1v) is 6.20. The highest BCUT2D eigenvalue weighted by Crippen LogP contribution is 2.38. The molecule has 1 aromatic carbocycles. The number of carbonyl (C=O) groups is 1. The number of ether oxygens (including phenoxy) is 1. The number of Topliss-reactive ketones (excluding diaryl/α,β-unsaturated/α-hetero) is 1. The predicted molar refractivity (Wildman–Crippen MR) is 72.8 cm³/mol. The lowest BCUT2D eigenvalue weighted by Crippen LogP contribution is -2.49. The minimum absolute atomic E-state index is 0. The van der Waals surface area contributed by atoms with E-state index in [0.29, 0.717) is 23.3 Å². The molecule has 0 unspecified atom stereocenters. The fourth-order valence-electron chi connectivity index (χ4n) is 2.73. The van der Waals surface area contributed by atoms with Gasteiger partial charge in [0.1, 0.15) is 11.4 Å². The molecular formula is C14H15ClN2O2. The van der Waals surface area contributed by atoms with Gasteiger partial charge in [-0.1, -0.05) is 0 Å². The van der Waals surface area contributed by atoms with Crippen molar-refractivity contribution in [1.82, 2.24) is 5.32 Å². The SMILES string of the molecule is Cl.N#Cc1ccc2c(c1)OC1(CCNCC1)CC2=O. The fraction of sp³-hybridized carbons (Fsp3) is 0.429. The lowest BCUT2D eigenvalue weighted by molar-refractivity contribution is 0.0187. The van der Waals surface area contributed by atoms with Crippen LogP contribution < -0.4 is 10.1 Å². The summed E-state index contributed by atoms with van der Waals surface area (Å²) in [5.74, 6) is 0.704. The molecule has 19 heavy (non-hydrogen) atoms. The first-order valence-electron chi connectivity index (χ1n) is 6.20. The minimum Gasteiger partial charge on any atom is -0.486 e. The molecule has 0 radical (unpaired) electrons. The summed E-state index contributed by atoms with van der Waals surface area (Å²) in [5, 5.41) is 12.2. The van der Waals surface area contributed by atoms with E-state index in [4.69, 9.17) is 10.00 Å². The number of ketones is 1. The monoisotopic (exact) mass is 278 g/mol. The van der Waals surface area contributed by atoms with Crippen LogP contribution in [-0.4, -0.2) is 24.5 Å². The molecule has 100 valence electrons. The fourth-order valence-corrected chi connectivity index (χ4v) is 2.73. The molecule has 0 aliphatic carbocycles. The maximum Gasteiger partial charge on any atom is 0.170 e. The molecule has 1 fully saturated rings. The highest BCUT2D eigenvalue weighted by molar-refractivity contribution is 6.00. The van der Waals surface area contributed by atoms with Gasteiger partial charge in [0.05, 0.1) is 23.6 Å². The maximum atomic E-state index is 12.2. The lowest BCUT2D eigenvalue weighted by atomic mass is 9.83. The second-order valence-corrected chi connectivity index (χ2v) is 4.96. The number of piperidine rings is 1. The molecule has 0 amide bonds. The Balaban J connectivity index is 0.00000133. The van der Waals surface area contributed by atoms with E-state index in [0.717, 1.165) is 25.9 Å². The molecule has 1 saturated heterocycles. The number of hydrogen-bond donors (Lipinski definition) is 1. The normalized spacial score (nSPS) is 19.8. The van der Waals surface area contributed by atoms with Crippen molar-refractivity contribution in [2.45, 2.75) is 24.9 Å². The van der Waals surface area contributed by atoms with E-state index in [-0.39, 0.29) is 23.8 Å². The van der Waals surface area contributed by atoms with Crippen molar-refractivity contribution in [2.75, 3.05) is 13.1 Å². The smallest absolute Gasteiger partial charge is 0.170 e. The van der Waals surface area contributed by atoms with E-state index in [2.05, 4.69) is 11.4 Å². The van der Waals surface area contributed by atoms with E-state index in [1.54, 1.807) is 18.2 Å². The molecule has 2 aliphatic heterocycles. The Hall–Kier alpha value is -1.57. The van der Waals surface area contributed by atoms with Gasteiger partial charge in [-0.05, 0) is 31.3 Å². The van der Waals surface area contributed by atoms with E-state index in [1.165, 1.54) is 0 Å². The first-order chi connectivity index (χ1) is 8.72. The van der Waals surface area contributed by atoms with Crippen molar-refractivity contribution < 1.29 is 9.53 Å². The van der Waals surface area contributed by atoms with Crippen LogP contribution in [0.5, 0.6) is 5.75 Å². The van der Waals surface area contributed by atoms with Crippen molar-refractivity contribution in [3.05, 3.63) is 29.3 Å². The Kier molecular flexibility index (Phi) is 3.79. The predicted octanol–water partition coefficient (Wildman–Crippen LogP) is 2.07. The highest BCUT2D eigenvalue weighted by Gasteiger charge is 2.41. The number of carbonyl (C=O) groups excluding carboxylic acids is 1. The molecule has 0 aromatic heterocycles. The van der Waals surface area contributed by atoms with Gasteiger partial charge in [-0.3, -0.25) is 4.79 Å². The van der Waals surface area contributed by atoms with Crippen LogP contribution in [0.1, 0.15) is 35.2 Å². The van der Waals surface area contributed by atoms with Crippen LogP contribution in [0, 0.1) is 11.3 Å². The van der Waals surface area contributed by atoms with Crippen molar-refractivity contribution in [2.24, 2.45) is 0 Å². The Morgan fingerprint density at radius 1 is 1.32 bits per heavy atom. The van der Waals surface area contributed by atoms with Gasteiger partial charge in [-0.25, -0.2) is 0 Å². The van der Waals surface area contributed by atoms with Crippen LogP contribution in [0.3, 0.4) is 0 Å². The maximum absolute atomic E-state index is 12.2. The molecule has 1 aromatic rings. The zero-order chi connectivity index (χ0) is 12.6. The molecule has 3 rings (SSSR count). The number of rotatable bonds is 0. The average Bonchev–Trinajstić information content (AvgIpc) is 2.38. The van der Waals surface area contributed by atoms with Crippen molar-refractivity contribution in [3.8, 4) is 11.8 Å². The van der Waals surface area contributed by atoms with Gasteiger partial charge in [0.25, 0.3) is 0 Å². The van der Waals surface area contributed by atoms with Crippen LogP contribution in [-0.2, 0) is 0 Å². The number of benzene rings is 1. The summed E-state index contributed by atoms with van der Waals surface area (Å²) >= 11 is 0. The Morgan fingerprint density at radius 2 is 2.05 bits per heavy atom. The van der Waals surface area contributed by atoms with Gasteiger partial charge in [0.2, 0.25) is 0 Å². The molecule has 1 N–H and O–H groups in total. The van der Waals surface area contributed by atoms with Crippen LogP contribution in [0.4, 0.5) is 0 Å². The van der Waals surface area contributed by atoms with Gasteiger partial charge in [-0.2, -0.15) is 5.26 Å². The Morgan fingerprint density at radius 3 is 2.74 bits per heavy atom. The molecular weight excluding hydrogens is 264 g/mol. The van der Waals surface area contributed by atoms with E-state index < -0.39 is 0 Å². The molecule has 2 aliphatic rings. The summed E-state index contributed by atoms with van der Waals surface area (Å²) in [5.41, 5.74) is 0.786. The average molecular weight is 279 g/mol. The van der Waals surface area contributed by atoms with Crippen LogP contribution in [0.15, 0.2) is 18.2 Å². The summed E-state index contributed by atoms with van der Waals surface area (Å²) in [7, 11) is 0. The van der Waals surface area contributed by atoms with Crippen molar-refractivity contribution in [1.29, 1.82) is 5.26 Å². The molecule has 1 spiro atoms. The lowest BCUT2D eigenvalue weighted by Gasteiger charge is -2.40. The van der Waals surface area contributed by atoms with Gasteiger partial charge in [0.15, 0.2) is 5.78 Å². The summed E-state index contributed by atoms with van der Waals surface area (Å²) in [6.07, 6.45) is 2.14. The third kappa shape index (κ3) is 2.44. The molecule has 0 atom stereocenters. The van der Waals surface area contributed by atoms with Gasteiger partial charge < -0.3 is 10.1 Å². The van der Waals surface area contributed by atoms with Crippen LogP contribution in [0.2, 0.25) is 0 Å². The Bertz CT molecular complexity index is 545. The summed E-state index contributed by atoms with van der Waals surface area (Å²) in [6, 6.07) is 7.12. The zero-order valence-electron chi connectivity index (χ0n) is 10.4. The van der Waals surface area contributed by atoms with Gasteiger partial charge in [-0.15, -0.1) is 12.4 Å². The highest BCUT2D eigenvalue weighted by atomic mass is 35.5. The number of nitrogens with zero attached hydrogens (tertiary/aromatic N) is 1. The van der Waals surface area contributed by atoms with Crippen molar-refractivity contribution in [3.63, 3.8) is 0 Å². The summed E-state index contributed by atoms with van der Waals surface area (Å²) in [4.78, 5) is 12.2. The molecule has 5 heteroatoms. The molecule has 2 heterocycles. The topological polar surface area (TPSA) is 62.1 Å². The molecule has 0 bridgehead atoms. The van der Waals surface area contributed by atoms with Crippen LogP contribution >= 0.6 is 12.4 Å². The number of fused-ring (bicyclic) bond motifs is 1.